The Morgan fingerprint density at radius 3 is 2.84 bits per heavy atom. The Morgan fingerprint density at radius 1 is 1.29 bits per heavy atom. The van der Waals surface area contributed by atoms with Crippen LogP contribution >= 0.6 is 0 Å². The van der Waals surface area contributed by atoms with Gasteiger partial charge in [0.05, 0.1) is 11.8 Å². The molecule has 0 saturated carbocycles. The van der Waals surface area contributed by atoms with Crippen LogP contribution in [-0.2, 0) is 0 Å². The molecule has 1 aliphatic carbocycles. The van der Waals surface area contributed by atoms with Gasteiger partial charge in [0.2, 0.25) is 0 Å². The maximum absolute atomic E-state index is 7.82. The highest BCUT2D eigenvalue weighted by Gasteiger charge is 2.36. The van der Waals surface area contributed by atoms with Gasteiger partial charge in [0.1, 0.15) is 5.82 Å². The Kier molecular flexibility index (Phi) is 6.20. The molecule has 1 fully saturated rings. The fourth-order valence-corrected chi connectivity index (χ4v) is 4.32. The molecular weight excluding hydrogens is 388 g/mol. The summed E-state index contributed by atoms with van der Waals surface area (Å²) >= 11 is 0. The number of nitrogens with one attached hydrogen (secondary N) is 3. The van der Waals surface area contributed by atoms with E-state index < -0.39 is 6.29 Å². The number of para-hydroxylation sites is 1. The monoisotopic (exact) mass is 420 g/mol. The van der Waals surface area contributed by atoms with Crippen molar-refractivity contribution in [1.82, 2.24) is 15.1 Å². The van der Waals surface area contributed by atoms with Crippen LogP contribution in [0.4, 0.5) is 5.69 Å². The summed E-state index contributed by atoms with van der Waals surface area (Å²) in [4.78, 5) is 9.39. The summed E-state index contributed by atoms with van der Waals surface area (Å²) in [6.45, 7) is 8.41. The Hall–Kier alpha value is -2.97. The molecule has 164 valence electrons. The molecule has 0 amide bonds. The molecule has 8 nitrogen and oxygen atoms in total. The average Bonchev–Trinajstić information content (AvgIpc) is 2.77. The predicted molar refractivity (Wildman–Crippen MR) is 125 cm³/mol. The Bertz CT molecular complexity index is 945. The van der Waals surface area contributed by atoms with Gasteiger partial charge >= 0.3 is 0 Å². The third-order valence-corrected chi connectivity index (χ3v) is 6.14. The number of aliphatic imine (C=N–C) groups is 1. The molecule has 4 rings (SSSR count). The number of fused-ring (bicyclic) bond motifs is 1. The molecule has 31 heavy (non-hydrogen) atoms. The number of hydrogen-bond donors (Lipinski definition) is 4. The molecule has 0 radical (unpaired) electrons. The number of benzene rings is 1. The summed E-state index contributed by atoms with van der Waals surface area (Å²) in [6, 6.07) is 8.16. The molecule has 0 aromatic heterocycles. The van der Waals surface area contributed by atoms with Crippen LogP contribution in [0.2, 0.25) is 0 Å². The van der Waals surface area contributed by atoms with Gasteiger partial charge in [-0.3, -0.25) is 4.90 Å². The number of aryl methyl sites for hydroxylation is 1. The van der Waals surface area contributed by atoms with Crippen LogP contribution in [0.3, 0.4) is 0 Å². The van der Waals surface area contributed by atoms with Gasteiger partial charge < -0.3 is 21.3 Å². The van der Waals surface area contributed by atoms with Crippen molar-refractivity contribution in [2.24, 2.45) is 15.8 Å². The van der Waals surface area contributed by atoms with Crippen LogP contribution in [0.25, 0.3) is 0 Å². The standard InChI is InChI=1S/C23H32N8/c1-15-8-9-19-20(12-15)27-22(13-26-19)30-10-11-31(21(14-30)17(3)24)23(29-25)28-18-7-5-4-6-16(18)2/h4-9,12-13,17,19,21,23,25-26,28H,10-11,14,24H2,1-3H3. The third-order valence-electron chi connectivity index (χ3n) is 6.14. The smallest absolute Gasteiger partial charge is 0.196 e. The van der Waals surface area contributed by atoms with Gasteiger partial charge in [-0.05, 0) is 44.1 Å². The molecule has 2 aliphatic heterocycles. The van der Waals surface area contributed by atoms with Gasteiger partial charge in [0.15, 0.2) is 6.29 Å². The van der Waals surface area contributed by atoms with Gasteiger partial charge in [0, 0.05) is 43.6 Å². The zero-order chi connectivity index (χ0) is 22.0. The SMILES string of the molecule is CC1=CC2=NC(N3CCN(C(N=N)Nc4ccccc4C)C(C(C)N)C3)=CNC2C=C1. The molecular formula is C23H32N8. The van der Waals surface area contributed by atoms with Gasteiger partial charge in [-0.15, -0.1) is 0 Å². The van der Waals surface area contributed by atoms with E-state index in [4.69, 9.17) is 16.3 Å². The molecule has 1 aromatic carbocycles. The molecule has 4 unspecified atom stereocenters. The van der Waals surface area contributed by atoms with Crippen molar-refractivity contribution in [2.45, 2.75) is 45.2 Å². The quantitative estimate of drug-likeness (QED) is 0.530. The fourth-order valence-electron chi connectivity index (χ4n) is 4.32. The molecule has 1 aromatic rings. The summed E-state index contributed by atoms with van der Waals surface area (Å²) in [7, 11) is 0. The van der Waals surface area contributed by atoms with E-state index in [9.17, 15) is 0 Å². The average molecular weight is 421 g/mol. The van der Waals surface area contributed by atoms with E-state index in [0.717, 1.165) is 42.4 Å². The van der Waals surface area contributed by atoms with Gasteiger partial charge in [-0.25, -0.2) is 10.5 Å². The summed E-state index contributed by atoms with van der Waals surface area (Å²) in [5.41, 5.74) is 18.6. The van der Waals surface area contributed by atoms with E-state index in [0.29, 0.717) is 0 Å². The zero-order valence-electron chi connectivity index (χ0n) is 18.4. The lowest BCUT2D eigenvalue weighted by atomic mass is 10.0. The van der Waals surface area contributed by atoms with Crippen molar-refractivity contribution in [3.05, 3.63) is 65.7 Å². The van der Waals surface area contributed by atoms with E-state index in [1.165, 1.54) is 5.57 Å². The third kappa shape index (κ3) is 4.55. The zero-order valence-corrected chi connectivity index (χ0v) is 18.4. The van der Waals surface area contributed by atoms with Gasteiger partial charge in [0.25, 0.3) is 0 Å². The number of anilines is 1. The molecule has 1 saturated heterocycles. The normalized spacial score (nSPS) is 25.4. The number of allylic oxidation sites excluding steroid dienone is 2. The number of piperazine rings is 1. The number of nitrogens with zero attached hydrogens (tertiary/aromatic N) is 4. The highest BCUT2D eigenvalue weighted by atomic mass is 15.4. The van der Waals surface area contributed by atoms with E-state index in [1.54, 1.807) is 0 Å². The van der Waals surface area contributed by atoms with Crippen LogP contribution in [0.1, 0.15) is 19.4 Å². The second-order valence-corrected chi connectivity index (χ2v) is 8.50. The van der Waals surface area contributed by atoms with Crippen LogP contribution in [0, 0.1) is 12.5 Å². The van der Waals surface area contributed by atoms with Gasteiger partial charge in [-0.2, -0.15) is 5.11 Å². The first-order valence-corrected chi connectivity index (χ1v) is 10.8. The highest BCUT2D eigenvalue weighted by Crippen LogP contribution is 2.24. The summed E-state index contributed by atoms with van der Waals surface area (Å²) in [6.07, 6.45) is 7.93. The minimum Gasteiger partial charge on any atom is -0.376 e. The summed E-state index contributed by atoms with van der Waals surface area (Å²) in [5.74, 6) is 0.933. The Balaban J connectivity index is 1.50. The second kappa shape index (κ2) is 9.03. The molecule has 5 N–H and O–H groups in total. The lowest BCUT2D eigenvalue weighted by Crippen LogP contribution is -2.62. The topological polar surface area (TPSA) is 105 Å². The van der Waals surface area contributed by atoms with Crippen molar-refractivity contribution in [1.29, 1.82) is 5.53 Å². The van der Waals surface area contributed by atoms with Crippen LogP contribution in [0.15, 0.2) is 70.2 Å². The molecule has 0 bridgehead atoms. The minimum atomic E-state index is -0.456. The van der Waals surface area contributed by atoms with Crippen LogP contribution < -0.4 is 16.4 Å². The first-order chi connectivity index (χ1) is 15.0. The Labute approximate surface area is 184 Å². The first-order valence-electron chi connectivity index (χ1n) is 10.8. The number of nitrogens with two attached hydrogens (primary N) is 1. The molecule has 2 heterocycles. The van der Waals surface area contributed by atoms with Crippen molar-refractivity contribution < 1.29 is 0 Å². The fraction of sp³-hybridized carbons (Fsp3) is 0.435. The molecule has 8 heteroatoms. The van der Waals surface area contributed by atoms with E-state index >= 15 is 0 Å². The van der Waals surface area contributed by atoms with Crippen molar-refractivity contribution in [3.8, 4) is 0 Å². The summed E-state index contributed by atoms with van der Waals surface area (Å²) in [5, 5.41) is 10.8. The first kappa shape index (κ1) is 21.3. The van der Waals surface area contributed by atoms with Crippen molar-refractivity contribution in [2.75, 3.05) is 25.0 Å². The largest absolute Gasteiger partial charge is 0.376 e. The Morgan fingerprint density at radius 2 is 2.10 bits per heavy atom. The van der Waals surface area contributed by atoms with Gasteiger partial charge in [-0.1, -0.05) is 30.4 Å². The van der Waals surface area contributed by atoms with Crippen molar-refractivity contribution in [3.63, 3.8) is 0 Å². The highest BCUT2D eigenvalue weighted by molar-refractivity contribution is 6.03. The number of rotatable bonds is 6. The number of hydrogen-bond acceptors (Lipinski definition) is 8. The molecule has 3 aliphatic rings. The molecule has 4 atom stereocenters. The summed E-state index contributed by atoms with van der Waals surface area (Å²) < 4.78 is 0. The minimum absolute atomic E-state index is 0.0340. The van der Waals surface area contributed by atoms with E-state index in [1.807, 2.05) is 31.3 Å². The lowest BCUT2D eigenvalue weighted by Gasteiger charge is -2.46. The van der Waals surface area contributed by atoms with Crippen LogP contribution in [0.5, 0.6) is 0 Å². The maximum Gasteiger partial charge on any atom is 0.196 e. The van der Waals surface area contributed by atoms with Crippen molar-refractivity contribution >= 4 is 11.4 Å². The van der Waals surface area contributed by atoms with Crippen LogP contribution in [-0.4, -0.2) is 59.6 Å². The predicted octanol–water partition coefficient (Wildman–Crippen LogP) is 2.78. The second-order valence-electron chi connectivity index (χ2n) is 8.50. The van der Waals surface area contributed by atoms with E-state index in [-0.39, 0.29) is 18.1 Å². The van der Waals surface area contributed by atoms with E-state index in [2.05, 4.69) is 63.7 Å². The lowest BCUT2D eigenvalue weighted by molar-refractivity contribution is 0.0522. The maximum atomic E-state index is 7.82. The molecule has 0 spiro atoms.